The molecule has 68 valence electrons. The summed E-state index contributed by atoms with van der Waals surface area (Å²) >= 11 is 0. The quantitative estimate of drug-likeness (QED) is 0.620. The molecule has 0 saturated carbocycles. The minimum absolute atomic E-state index is 0.837. The maximum atomic E-state index is 5.83. The number of aryl methyl sites for hydroxylation is 3. The van der Waals surface area contributed by atoms with Gasteiger partial charge in [-0.1, -0.05) is 0 Å². The Kier molecular flexibility index (Phi) is 1.55. The number of aromatic nitrogens is 2. The Hall–Kier alpha value is -1.51. The number of hydrogen-bond acceptors (Lipinski definition) is 2. The van der Waals surface area contributed by atoms with E-state index in [9.17, 15) is 0 Å². The van der Waals surface area contributed by atoms with Gasteiger partial charge in [-0.3, -0.25) is 4.68 Å². The molecule has 2 aromatic rings. The van der Waals surface area contributed by atoms with Gasteiger partial charge in [0.2, 0.25) is 0 Å². The van der Waals surface area contributed by atoms with Crippen molar-refractivity contribution >= 4 is 16.6 Å². The first-order valence-corrected chi connectivity index (χ1v) is 4.29. The molecule has 0 saturated heterocycles. The number of nitrogens with zero attached hydrogens (tertiary/aromatic N) is 2. The smallest absolute Gasteiger partial charge is 0.0686 e. The van der Waals surface area contributed by atoms with Crippen LogP contribution in [0.3, 0.4) is 0 Å². The van der Waals surface area contributed by atoms with Crippen molar-refractivity contribution in [2.24, 2.45) is 7.05 Å². The van der Waals surface area contributed by atoms with Crippen molar-refractivity contribution in [2.75, 3.05) is 5.73 Å². The summed E-state index contributed by atoms with van der Waals surface area (Å²) in [5.74, 6) is 0. The highest BCUT2D eigenvalue weighted by atomic mass is 15.3. The van der Waals surface area contributed by atoms with E-state index in [1.165, 1.54) is 0 Å². The first kappa shape index (κ1) is 8.10. The van der Waals surface area contributed by atoms with Crippen LogP contribution in [-0.4, -0.2) is 9.78 Å². The van der Waals surface area contributed by atoms with Gasteiger partial charge >= 0.3 is 0 Å². The van der Waals surface area contributed by atoms with E-state index in [1.54, 1.807) is 0 Å². The van der Waals surface area contributed by atoms with Crippen molar-refractivity contribution in [3.63, 3.8) is 0 Å². The van der Waals surface area contributed by atoms with Crippen molar-refractivity contribution in [1.29, 1.82) is 0 Å². The first-order valence-electron chi connectivity index (χ1n) is 4.29. The third kappa shape index (κ3) is 1.08. The van der Waals surface area contributed by atoms with Crippen LogP contribution in [0, 0.1) is 13.8 Å². The van der Waals surface area contributed by atoms with Gasteiger partial charge in [-0.25, -0.2) is 0 Å². The Labute approximate surface area is 77.2 Å². The maximum Gasteiger partial charge on any atom is 0.0686 e. The van der Waals surface area contributed by atoms with Crippen LogP contribution in [0.2, 0.25) is 0 Å². The Morgan fingerprint density at radius 3 is 2.69 bits per heavy atom. The lowest BCUT2D eigenvalue weighted by molar-refractivity contribution is 0.783. The van der Waals surface area contributed by atoms with Gasteiger partial charge in [-0.15, -0.1) is 0 Å². The first-order chi connectivity index (χ1) is 6.09. The molecule has 2 rings (SSSR count). The highest BCUT2D eigenvalue weighted by Crippen LogP contribution is 2.23. The van der Waals surface area contributed by atoms with Crippen LogP contribution in [0.1, 0.15) is 11.3 Å². The Morgan fingerprint density at radius 2 is 2.00 bits per heavy atom. The van der Waals surface area contributed by atoms with E-state index in [1.807, 2.05) is 31.6 Å². The average molecular weight is 175 g/mol. The molecule has 0 aliphatic heterocycles. The summed E-state index contributed by atoms with van der Waals surface area (Å²) in [5, 5.41) is 5.48. The van der Waals surface area contributed by atoms with Crippen LogP contribution < -0.4 is 5.73 Å². The molecule has 0 radical (unpaired) electrons. The summed E-state index contributed by atoms with van der Waals surface area (Å²) in [7, 11) is 1.95. The molecule has 0 aliphatic rings. The Balaban J connectivity index is 2.91. The highest BCUT2D eigenvalue weighted by Gasteiger charge is 2.06. The van der Waals surface area contributed by atoms with Crippen LogP contribution in [0.15, 0.2) is 12.1 Å². The molecule has 0 fully saturated rings. The molecule has 0 unspecified atom stereocenters. The topological polar surface area (TPSA) is 43.8 Å². The zero-order chi connectivity index (χ0) is 9.59. The largest absolute Gasteiger partial charge is 0.398 e. The predicted octanol–water partition coefficient (Wildman–Crippen LogP) is 1.77. The second kappa shape index (κ2) is 2.49. The summed E-state index contributed by atoms with van der Waals surface area (Å²) in [5.41, 5.74) is 9.95. The van der Waals surface area contributed by atoms with E-state index in [0.29, 0.717) is 0 Å². The molecule has 1 heterocycles. The number of anilines is 1. The molecule has 13 heavy (non-hydrogen) atoms. The fourth-order valence-electron chi connectivity index (χ4n) is 1.60. The number of nitrogens with two attached hydrogens (primary N) is 1. The van der Waals surface area contributed by atoms with Gasteiger partial charge in [0.1, 0.15) is 0 Å². The van der Waals surface area contributed by atoms with E-state index in [2.05, 4.69) is 11.2 Å². The molecule has 3 nitrogen and oxygen atoms in total. The third-order valence-electron chi connectivity index (χ3n) is 2.42. The van der Waals surface area contributed by atoms with Gasteiger partial charge in [0.15, 0.2) is 0 Å². The summed E-state index contributed by atoms with van der Waals surface area (Å²) in [6, 6.07) is 4.07. The summed E-state index contributed by atoms with van der Waals surface area (Å²) in [6.07, 6.45) is 0. The van der Waals surface area contributed by atoms with E-state index < -0.39 is 0 Å². The Morgan fingerprint density at radius 1 is 1.31 bits per heavy atom. The van der Waals surface area contributed by atoms with Crippen LogP contribution in [0.5, 0.6) is 0 Å². The van der Waals surface area contributed by atoms with Gasteiger partial charge in [-0.2, -0.15) is 5.10 Å². The maximum absolute atomic E-state index is 5.83. The van der Waals surface area contributed by atoms with Crippen molar-refractivity contribution in [1.82, 2.24) is 9.78 Å². The second-order valence-electron chi connectivity index (χ2n) is 3.43. The van der Waals surface area contributed by atoms with Crippen molar-refractivity contribution in [3.8, 4) is 0 Å². The monoisotopic (exact) mass is 175 g/mol. The molecule has 1 aromatic heterocycles. The van der Waals surface area contributed by atoms with Crippen molar-refractivity contribution < 1.29 is 0 Å². The minimum atomic E-state index is 0.837. The molecule has 0 atom stereocenters. The fraction of sp³-hybridized carbons (Fsp3) is 0.300. The summed E-state index contributed by atoms with van der Waals surface area (Å²) in [6.45, 7) is 4.01. The number of nitrogen functional groups attached to an aromatic ring is 1. The van der Waals surface area contributed by atoms with Gasteiger partial charge in [0.05, 0.1) is 11.2 Å². The molecule has 2 N–H and O–H groups in total. The zero-order valence-electron chi connectivity index (χ0n) is 8.13. The lowest BCUT2D eigenvalue weighted by Crippen LogP contribution is -1.92. The van der Waals surface area contributed by atoms with Crippen LogP contribution >= 0.6 is 0 Å². The van der Waals surface area contributed by atoms with Gasteiger partial charge < -0.3 is 5.73 Å². The SMILES string of the molecule is Cc1cc2c(cc1N)c(C)nn2C. The molecule has 3 heteroatoms. The standard InChI is InChI=1S/C10H13N3/c1-6-4-10-8(5-9(6)11)7(2)12-13(10)3/h4-5H,11H2,1-3H3. The number of benzene rings is 1. The number of fused-ring (bicyclic) bond motifs is 1. The van der Waals surface area contributed by atoms with E-state index in [4.69, 9.17) is 5.73 Å². The third-order valence-corrected chi connectivity index (χ3v) is 2.42. The van der Waals surface area contributed by atoms with Gasteiger partial charge in [0.25, 0.3) is 0 Å². The molecule has 0 amide bonds. The lowest BCUT2D eigenvalue weighted by atomic mass is 10.1. The van der Waals surface area contributed by atoms with E-state index in [0.717, 1.165) is 27.8 Å². The molecule has 1 aromatic carbocycles. The second-order valence-corrected chi connectivity index (χ2v) is 3.43. The van der Waals surface area contributed by atoms with Gasteiger partial charge in [-0.05, 0) is 31.5 Å². The van der Waals surface area contributed by atoms with Crippen molar-refractivity contribution in [2.45, 2.75) is 13.8 Å². The molecule has 0 spiro atoms. The van der Waals surface area contributed by atoms with E-state index >= 15 is 0 Å². The summed E-state index contributed by atoms with van der Waals surface area (Å²) < 4.78 is 1.89. The normalized spacial score (nSPS) is 11.0. The van der Waals surface area contributed by atoms with Gasteiger partial charge in [0, 0.05) is 18.1 Å². The lowest BCUT2D eigenvalue weighted by Gasteiger charge is -2.00. The Bertz CT molecular complexity index is 426. The predicted molar refractivity (Wildman–Crippen MR) is 54.6 cm³/mol. The van der Waals surface area contributed by atoms with Crippen molar-refractivity contribution in [3.05, 3.63) is 23.4 Å². The van der Waals surface area contributed by atoms with E-state index in [-0.39, 0.29) is 0 Å². The van der Waals surface area contributed by atoms with Crippen LogP contribution in [0.4, 0.5) is 5.69 Å². The molecular formula is C10H13N3. The highest BCUT2D eigenvalue weighted by molar-refractivity contribution is 5.86. The number of hydrogen-bond donors (Lipinski definition) is 1. The molecular weight excluding hydrogens is 162 g/mol. The van der Waals surface area contributed by atoms with Crippen LogP contribution in [0.25, 0.3) is 10.9 Å². The molecule has 0 bridgehead atoms. The summed E-state index contributed by atoms with van der Waals surface area (Å²) in [4.78, 5) is 0. The fourth-order valence-corrected chi connectivity index (χ4v) is 1.60. The zero-order valence-corrected chi connectivity index (χ0v) is 8.13. The van der Waals surface area contributed by atoms with Crippen LogP contribution in [-0.2, 0) is 7.05 Å². The molecule has 0 aliphatic carbocycles. The minimum Gasteiger partial charge on any atom is -0.398 e. The number of rotatable bonds is 0. The average Bonchev–Trinajstić information content (AvgIpc) is 2.31.